The molecular formula is C21H35N2P. The van der Waals surface area contributed by atoms with Crippen LogP contribution in [0.25, 0.3) is 0 Å². The predicted molar refractivity (Wildman–Crippen MR) is 104 cm³/mol. The number of nitrogens with zero attached hydrogens (tertiary/aromatic N) is 1. The Kier molecular flexibility index (Phi) is 5.94. The zero-order valence-electron chi connectivity index (χ0n) is 15.3. The fraction of sp³-hybridized carbons (Fsp3) is 0.857. The maximum absolute atomic E-state index is 4.61. The number of hydrogen-bond donors (Lipinski definition) is 1. The molecule has 1 aromatic rings. The lowest BCUT2D eigenvalue weighted by Crippen LogP contribution is -2.29. The molecule has 3 aliphatic carbocycles. The minimum Gasteiger partial charge on any atom is -0.348 e. The fourth-order valence-corrected chi connectivity index (χ4v) is 10.5. The molecule has 3 saturated carbocycles. The lowest BCUT2D eigenvalue weighted by atomic mass is 9.88. The van der Waals surface area contributed by atoms with E-state index in [1.54, 1.807) is 25.7 Å². The summed E-state index contributed by atoms with van der Waals surface area (Å²) in [4.78, 5) is 8.03. The van der Waals surface area contributed by atoms with Crippen LogP contribution in [-0.4, -0.2) is 26.9 Å². The van der Waals surface area contributed by atoms with Crippen LogP contribution in [0.1, 0.15) is 102 Å². The van der Waals surface area contributed by atoms with Crippen LogP contribution in [0.3, 0.4) is 0 Å². The first kappa shape index (κ1) is 17.1. The molecule has 0 aliphatic heterocycles. The van der Waals surface area contributed by atoms with Crippen LogP contribution in [0, 0.1) is 0 Å². The highest BCUT2D eigenvalue weighted by atomic mass is 31.1. The maximum atomic E-state index is 4.61. The van der Waals surface area contributed by atoms with Gasteiger partial charge in [-0.25, -0.2) is 4.98 Å². The Balaban J connectivity index is 1.50. The van der Waals surface area contributed by atoms with E-state index in [0.29, 0.717) is 0 Å². The molecule has 3 heteroatoms. The number of nitrogens with one attached hydrogen (secondary N) is 1. The Morgan fingerprint density at radius 3 is 1.96 bits per heavy atom. The van der Waals surface area contributed by atoms with E-state index in [9.17, 15) is 0 Å². The van der Waals surface area contributed by atoms with Crippen LogP contribution < -0.4 is 0 Å². The molecule has 1 aromatic heterocycles. The molecule has 2 atom stereocenters. The zero-order valence-corrected chi connectivity index (χ0v) is 16.2. The quantitative estimate of drug-likeness (QED) is 0.613. The van der Waals surface area contributed by atoms with Gasteiger partial charge in [-0.1, -0.05) is 52.9 Å². The van der Waals surface area contributed by atoms with E-state index in [4.69, 9.17) is 0 Å². The van der Waals surface area contributed by atoms with Crippen molar-refractivity contribution in [1.82, 2.24) is 9.97 Å². The Labute approximate surface area is 149 Å². The van der Waals surface area contributed by atoms with Crippen LogP contribution in [0.15, 0.2) is 12.4 Å². The zero-order chi connectivity index (χ0) is 16.2. The molecule has 4 rings (SSSR count). The van der Waals surface area contributed by atoms with Crippen LogP contribution in [0.5, 0.6) is 0 Å². The van der Waals surface area contributed by atoms with Crippen molar-refractivity contribution in [2.75, 3.05) is 0 Å². The summed E-state index contributed by atoms with van der Waals surface area (Å²) in [5, 5.41) is 0. The molecule has 0 bridgehead atoms. The van der Waals surface area contributed by atoms with Gasteiger partial charge in [-0.05, 0) is 61.9 Å². The van der Waals surface area contributed by atoms with Gasteiger partial charge < -0.3 is 4.98 Å². The summed E-state index contributed by atoms with van der Waals surface area (Å²) in [6.07, 6.45) is 25.0. The molecule has 134 valence electrons. The highest BCUT2D eigenvalue weighted by Gasteiger charge is 2.38. The second-order valence-corrected chi connectivity index (χ2v) is 11.6. The third-order valence-electron chi connectivity index (χ3n) is 6.97. The van der Waals surface area contributed by atoms with E-state index in [2.05, 4.69) is 9.97 Å². The summed E-state index contributed by atoms with van der Waals surface area (Å²) in [5.41, 5.74) is 3.25. The average molecular weight is 346 g/mol. The van der Waals surface area contributed by atoms with Gasteiger partial charge in [-0.2, -0.15) is 0 Å². The Bertz CT molecular complexity index is 456. The summed E-state index contributed by atoms with van der Waals surface area (Å²) in [5.74, 6) is 2.00. The maximum Gasteiger partial charge on any atom is 0.109 e. The third-order valence-corrected chi connectivity index (χ3v) is 11.0. The molecule has 1 N–H and O–H groups in total. The molecule has 1 heterocycles. The number of aromatic nitrogens is 2. The molecule has 2 unspecified atom stereocenters. The van der Waals surface area contributed by atoms with E-state index >= 15 is 0 Å². The van der Waals surface area contributed by atoms with Crippen molar-refractivity contribution in [1.29, 1.82) is 0 Å². The Hall–Kier alpha value is -0.360. The van der Waals surface area contributed by atoms with Gasteiger partial charge in [-0.3, -0.25) is 0 Å². The summed E-state index contributed by atoms with van der Waals surface area (Å²) in [7, 11) is 0.241. The van der Waals surface area contributed by atoms with Crippen molar-refractivity contribution < 1.29 is 0 Å². The average Bonchev–Trinajstić information content (AvgIpc) is 3.19. The third kappa shape index (κ3) is 3.90. The smallest absolute Gasteiger partial charge is 0.109 e. The Morgan fingerprint density at radius 2 is 1.38 bits per heavy atom. The minimum absolute atomic E-state index is 0.241. The van der Waals surface area contributed by atoms with Gasteiger partial charge in [0, 0.05) is 18.3 Å². The van der Waals surface area contributed by atoms with Gasteiger partial charge in [0.05, 0.1) is 0 Å². The standard InChI is InChI=1S/C21H35N2P/c1-3-9-18(10-4-1)24(19-11-5-2-6-12-19)20-13-7-8-17(16-20)21-22-14-15-23-21/h14-15,17-20H,1-13,16H2,(H,22,23). The van der Waals surface area contributed by atoms with Gasteiger partial charge in [0.25, 0.3) is 0 Å². The van der Waals surface area contributed by atoms with Crippen molar-refractivity contribution in [3.05, 3.63) is 18.2 Å². The highest BCUT2D eigenvalue weighted by molar-refractivity contribution is 7.60. The molecule has 0 aromatic carbocycles. The Morgan fingerprint density at radius 1 is 0.750 bits per heavy atom. The SMILES string of the molecule is c1c[nH]c(C2CCCC(P(C3CCCCC3)C3CCCCC3)C2)n1. The molecular weight excluding hydrogens is 311 g/mol. The minimum atomic E-state index is 0.241. The monoisotopic (exact) mass is 346 g/mol. The number of imidazole rings is 1. The van der Waals surface area contributed by atoms with Crippen LogP contribution in [0.4, 0.5) is 0 Å². The van der Waals surface area contributed by atoms with Crippen molar-refractivity contribution >= 4 is 7.92 Å². The van der Waals surface area contributed by atoms with E-state index < -0.39 is 0 Å². The second kappa shape index (κ2) is 8.35. The molecule has 0 saturated heterocycles. The van der Waals surface area contributed by atoms with Crippen molar-refractivity contribution in [3.8, 4) is 0 Å². The number of H-pyrrole nitrogens is 1. The van der Waals surface area contributed by atoms with Crippen LogP contribution in [-0.2, 0) is 0 Å². The van der Waals surface area contributed by atoms with Gasteiger partial charge in [-0.15, -0.1) is 0 Å². The lowest BCUT2D eigenvalue weighted by Gasteiger charge is -2.45. The van der Waals surface area contributed by atoms with Gasteiger partial charge in [0.1, 0.15) is 5.82 Å². The van der Waals surface area contributed by atoms with E-state index in [0.717, 1.165) is 22.9 Å². The summed E-state index contributed by atoms with van der Waals surface area (Å²) in [6, 6.07) is 0. The predicted octanol–water partition coefficient (Wildman–Crippen LogP) is 6.58. The molecule has 2 nitrogen and oxygen atoms in total. The van der Waals surface area contributed by atoms with Crippen LogP contribution in [0.2, 0.25) is 0 Å². The summed E-state index contributed by atoms with van der Waals surface area (Å²) >= 11 is 0. The first-order chi connectivity index (χ1) is 11.9. The van der Waals surface area contributed by atoms with Crippen molar-refractivity contribution in [2.24, 2.45) is 0 Å². The highest BCUT2D eigenvalue weighted by Crippen LogP contribution is 2.62. The molecule has 0 spiro atoms. The first-order valence-electron chi connectivity index (χ1n) is 10.7. The molecule has 0 amide bonds. The van der Waals surface area contributed by atoms with E-state index in [1.165, 1.54) is 70.0 Å². The van der Waals surface area contributed by atoms with E-state index in [1.807, 2.05) is 12.4 Å². The van der Waals surface area contributed by atoms with E-state index in [-0.39, 0.29) is 7.92 Å². The second-order valence-electron chi connectivity index (χ2n) is 8.52. The number of hydrogen-bond acceptors (Lipinski definition) is 1. The number of aromatic amines is 1. The lowest BCUT2D eigenvalue weighted by molar-refractivity contribution is 0.421. The van der Waals surface area contributed by atoms with Crippen molar-refractivity contribution in [2.45, 2.75) is 113 Å². The van der Waals surface area contributed by atoms with Gasteiger partial charge >= 0.3 is 0 Å². The molecule has 24 heavy (non-hydrogen) atoms. The molecule has 0 radical (unpaired) electrons. The van der Waals surface area contributed by atoms with Crippen LogP contribution >= 0.6 is 7.92 Å². The summed E-state index contributed by atoms with van der Waals surface area (Å²) in [6.45, 7) is 0. The molecule has 3 aliphatic rings. The largest absolute Gasteiger partial charge is 0.348 e. The topological polar surface area (TPSA) is 28.7 Å². The fourth-order valence-electron chi connectivity index (χ4n) is 5.84. The first-order valence-corrected chi connectivity index (χ1v) is 12.2. The normalized spacial score (nSPS) is 30.7. The summed E-state index contributed by atoms with van der Waals surface area (Å²) < 4.78 is 0. The van der Waals surface area contributed by atoms with Gasteiger partial charge in [0.2, 0.25) is 0 Å². The molecule has 3 fully saturated rings. The van der Waals surface area contributed by atoms with Crippen molar-refractivity contribution in [3.63, 3.8) is 0 Å². The number of rotatable bonds is 4. The van der Waals surface area contributed by atoms with Gasteiger partial charge in [0.15, 0.2) is 0 Å².